The molecule has 22 heavy (non-hydrogen) atoms. The molecule has 0 radical (unpaired) electrons. The summed E-state index contributed by atoms with van der Waals surface area (Å²) < 4.78 is 11.9. The van der Waals surface area contributed by atoms with Crippen molar-refractivity contribution in [3.05, 3.63) is 29.3 Å². The summed E-state index contributed by atoms with van der Waals surface area (Å²) in [5, 5.41) is 0. The van der Waals surface area contributed by atoms with E-state index in [1.54, 1.807) is 4.90 Å². The van der Waals surface area contributed by atoms with E-state index in [4.69, 9.17) is 9.47 Å². The number of ether oxygens (including phenoxy) is 2. The fourth-order valence-corrected chi connectivity index (χ4v) is 3.34. The van der Waals surface area contributed by atoms with Crippen LogP contribution in [0.15, 0.2) is 18.2 Å². The van der Waals surface area contributed by atoms with Crippen LogP contribution >= 0.6 is 0 Å². The van der Waals surface area contributed by atoms with E-state index in [2.05, 4.69) is 52.8 Å². The maximum atomic E-state index is 6.08. The second-order valence-corrected chi connectivity index (χ2v) is 7.06. The molecule has 0 bridgehead atoms. The van der Waals surface area contributed by atoms with Crippen molar-refractivity contribution in [2.45, 2.75) is 59.2 Å². The van der Waals surface area contributed by atoms with Gasteiger partial charge in [-0.05, 0) is 43.9 Å². The quantitative estimate of drug-likeness (QED) is 0.816. The Morgan fingerprint density at radius 3 is 2.55 bits per heavy atom. The molecule has 0 amide bonds. The molecular weight excluding hydrogens is 274 g/mol. The van der Waals surface area contributed by atoms with Gasteiger partial charge >= 0.3 is 0 Å². The van der Waals surface area contributed by atoms with Gasteiger partial charge in [0.1, 0.15) is 31.0 Å². The molecule has 1 unspecified atom stereocenters. The van der Waals surface area contributed by atoms with E-state index in [1.165, 1.54) is 17.7 Å². The van der Waals surface area contributed by atoms with Gasteiger partial charge in [-0.15, -0.1) is 0 Å². The minimum Gasteiger partial charge on any atom is -0.493 e. The van der Waals surface area contributed by atoms with Crippen molar-refractivity contribution in [1.82, 2.24) is 0 Å². The third-order valence-corrected chi connectivity index (χ3v) is 4.34. The first-order chi connectivity index (χ1) is 10.5. The van der Waals surface area contributed by atoms with Crippen LogP contribution in [0, 0.1) is 6.92 Å². The number of hydrogen-bond donors (Lipinski definition) is 1. The fourth-order valence-electron chi connectivity index (χ4n) is 3.34. The van der Waals surface area contributed by atoms with Gasteiger partial charge in [0.05, 0.1) is 13.2 Å². The lowest BCUT2D eigenvalue weighted by atomic mass is 10.0. The van der Waals surface area contributed by atoms with Crippen molar-refractivity contribution >= 4 is 0 Å². The number of benzene rings is 1. The Hall–Kier alpha value is -1.06. The molecular formula is C19H32NO2+. The lowest BCUT2D eigenvalue weighted by Crippen LogP contribution is -3.15. The molecule has 1 aromatic carbocycles. The van der Waals surface area contributed by atoms with Crippen molar-refractivity contribution in [2.24, 2.45) is 0 Å². The Labute approximate surface area is 135 Å². The van der Waals surface area contributed by atoms with E-state index in [-0.39, 0.29) is 0 Å². The molecule has 3 atom stereocenters. The Kier molecular flexibility index (Phi) is 6.27. The molecule has 1 aliphatic heterocycles. The van der Waals surface area contributed by atoms with Crippen LogP contribution in [0.3, 0.4) is 0 Å². The molecule has 0 aromatic heterocycles. The first-order valence-corrected chi connectivity index (χ1v) is 8.68. The zero-order valence-electron chi connectivity index (χ0n) is 14.8. The molecule has 0 spiro atoms. The van der Waals surface area contributed by atoms with Crippen molar-refractivity contribution in [3.63, 3.8) is 0 Å². The highest BCUT2D eigenvalue weighted by Crippen LogP contribution is 2.27. The molecule has 1 aliphatic rings. The Morgan fingerprint density at radius 2 is 1.91 bits per heavy atom. The minimum absolute atomic E-state index is 0.379. The molecule has 1 heterocycles. The molecule has 1 fully saturated rings. The first kappa shape index (κ1) is 17.3. The number of morpholine rings is 1. The van der Waals surface area contributed by atoms with E-state index in [0.29, 0.717) is 18.1 Å². The molecule has 2 rings (SSSR count). The second kappa shape index (κ2) is 7.98. The average molecular weight is 306 g/mol. The van der Waals surface area contributed by atoms with Crippen LogP contribution in [-0.4, -0.2) is 38.4 Å². The molecule has 1 N–H and O–H groups in total. The average Bonchev–Trinajstić information content (AvgIpc) is 2.42. The first-order valence-electron chi connectivity index (χ1n) is 8.68. The third-order valence-electron chi connectivity index (χ3n) is 4.34. The van der Waals surface area contributed by atoms with Crippen LogP contribution in [0.1, 0.15) is 51.2 Å². The van der Waals surface area contributed by atoms with Crippen molar-refractivity contribution < 1.29 is 14.4 Å². The number of quaternary nitrogens is 1. The van der Waals surface area contributed by atoms with Crippen molar-refractivity contribution in [2.75, 3.05) is 26.2 Å². The highest BCUT2D eigenvalue weighted by Gasteiger charge is 2.24. The number of aryl methyl sites for hydroxylation is 1. The number of rotatable bonds is 6. The number of nitrogens with one attached hydrogen (secondary N) is 1. The van der Waals surface area contributed by atoms with Crippen LogP contribution in [0.2, 0.25) is 0 Å². The molecule has 1 saturated heterocycles. The van der Waals surface area contributed by atoms with E-state index in [9.17, 15) is 0 Å². The van der Waals surface area contributed by atoms with Crippen LogP contribution in [-0.2, 0) is 4.74 Å². The predicted molar refractivity (Wildman–Crippen MR) is 91.0 cm³/mol. The van der Waals surface area contributed by atoms with Gasteiger partial charge in [0.25, 0.3) is 0 Å². The van der Waals surface area contributed by atoms with Gasteiger partial charge in [0, 0.05) is 6.42 Å². The zero-order valence-corrected chi connectivity index (χ0v) is 14.8. The van der Waals surface area contributed by atoms with E-state index in [1.807, 2.05) is 0 Å². The lowest BCUT2D eigenvalue weighted by Gasteiger charge is -2.32. The highest BCUT2D eigenvalue weighted by molar-refractivity contribution is 5.39. The van der Waals surface area contributed by atoms with E-state index >= 15 is 0 Å². The molecule has 3 nitrogen and oxygen atoms in total. The van der Waals surface area contributed by atoms with Gasteiger partial charge in [0.2, 0.25) is 0 Å². The second-order valence-electron chi connectivity index (χ2n) is 7.06. The van der Waals surface area contributed by atoms with Crippen LogP contribution < -0.4 is 9.64 Å². The fraction of sp³-hybridized carbons (Fsp3) is 0.684. The Balaban J connectivity index is 1.80. The smallest absolute Gasteiger partial charge is 0.123 e. The summed E-state index contributed by atoms with van der Waals surface area (Å²) in [5.74, 6) is 1.57. The summed E-state index contributed by atoms with van der Waals surface area (Å²) in [6.07, 6.45) is 1.85. The standard InChI is InChI=1S/C19H31NO2/c1-14(2)18-8-7-15(3)11-19(18)21-10-6-9-20-12-16(4)22-17(5)13-20/h7-8,11,14,16-17H,6,9-10,12-13H2,1-5H3/p+1/t16-,17+. The maximum absolute atomic E-state index is 6.08. The van der Waals surface area contributed by atoms with Gasteiger partial charge in [0.15, 0.2) is 0 Å². The monoisotopic (exact) mass is 306 g/mol. The predicted octanol–water partition coefficient (Wildman–Crippen LogP) is 2.58. The van der Waals surface area contributed by atoms with Gasteiger partial charge in [-0.2, -0.15) is 0 Å². The summed E-state index contributed by atoms with van der Waals surface area (Å²) in [6, 6.07) is 6.54. The largest absolute Gasteiger partial charge is 0.493 e. The SMILES string of the molecule is Cc1ccc(C(C)C)c(OCCC[NH+]2C[C@@H](C)O[C@@H](C)C2)c1. The summed E-state index contributed by atoms with van der Waals surface area (Å²) in [6.45, 7) is 15.1. The van der Waals surface area contributed by atoms with Crippen molar-refractivity contribution in [3.8, 4) is 5.75 Å². The molecule has 3 heteroatoms. The topological polar surface area (TPSA) is 22.9 Å². The van der Waals surface area contributed by atoms with Gasteiger partial charge in [-0.3, -0.25) is 0 Å². The van der Waals surface area contributed by atoms with Crippen LogP contribution in [0.25, 0.3) is 0 Å². The summed E-state index contributed by atoms with van der Waals surface area (Å²) in [5.41, 5.74) is 2.58. The minimum atomic E-state index is 0.379. The molecule has 1 aromatic rings. The Morgan fingerprint density at radius 1 is 1.23 bits per heavy atom. The van der Waals surface area contributed by atoms with E-state index in [0.717, 1.165) is 31.9 Å². The molecule has 124 valence electrons. The van der Waals surface area contributed by atoms with Crippen LogP contribution in [0.4, 0.5) is 0 Å². The van der Waals surface area contributed by atoms with Crippen LogP contribution in [0.5, 0.6) is 5.75 Å². The molecule has 0 saturated carbocycles. The normalized spacial score (nSPS) is 25.5. The van der Waals surface area contributed by atoms with Gasteiger partial charge < -0.3 is 14.4 Å². The maximum Gasteiger partial charge on any atom is 0.123 e. The van der Waals surface area contributed by atoms with Crippen molar-refractivity contribution in [1.29, 1.82) is 0 Å². The lowest BCUT2D eigenvalue weighted by molar-refractivity contribution is -0.915. The highest BCUT2D eigenvalue weighted by atomic mass is 16.5. The summed E-state index contributed by atoms with van der Waals surface area (Å²) in [4.78, 5) is 1.64. The Bertz CT molecular complexity index is 463. The van der Waals surface area contributed by atoms with Gasteiger partial charge in [-0.25, -0.2) is 0 Å². The third kappa shape index (κ3) is 4.99. The molecule has 0 aliphatic carbocycles. The summed E-state index contributed by atoms with van der Waals surface area (Å²) in [7, 11) is 0. The van der Waals surface area contributed by atoms with Gasteiger partial charge in [-0.1, -0.05) is 26.0 Å². The summed E-state index contributed by atoms with van der Waals surface area (Å²) >= 11 is 0. The number of hydrogen-bond acceptors (Lipinski definition) is 2. The van der Waals surface area contributed by atoms with E-state index < -0.39 is 0 Å². The zero-order chi connectivity index (χ0) is 16.1.